The summed E-state index contributed by atoms with van der Waals surface area (Å²) in [4.78, 5) is 16.6. The zero-order chi connectivity index (χ0) is 32.9. The molecule has 2 aromatic heterocycles. The summed E-state index contributed by atoms with van der Waals surface area (Å²) in [7, 11) is -4.59. The van der Waals surface area contributed by atoms with Crippen molar-refractivity contribution in [3.8, 4) is 11.8 Å². The number of carbonyl (C=O) groups is 1. The number of nitrogens with two attached hydrogens (primary N) is 1. The summed E-state index contributed by atoms with van der Waals surface area (Å²) in [5.41, 5.74) is 4.26. The molecule has 0 bridgehead atoms. The molecule has 46 heavy (non-hydrogen) atoms. The topological polar surface area (TPSA) is 201 Å². The first-order chi connectivity index (χ1) is 22.2. The molecule has 244 valence electrons. The minimum absolute atomic E-state index is 0.0835. The van der Waals surface area contributed by atoms with E-state index in [1.807, 2.05) is 38.1 Å². The molecule has 15 heteroatoms. The molecular weight excluding hydrogens is 617 g/mol. The molecule has 1 aliphatic heterocycles. The second kappa shape index (κ2) is 14.1. The fourth-order valence-electron chi connectivity index (χ4n) is 5.54. The molecular formula is C31H36N5O9P. The number of anilines is 1. The Labute approximate surface area is 265 Å². The first-order valence-corrected chi connectivity index (χ1v) is 16.4. The number of esters is 1. The fraction of sp³-hybridized carbons (Fsp3) is 0.419. The second-order valence-corrected chi connectivity index (χ2v) is 12.5. The van der Waals surface area contributed by atoms with Gasteiger partial charge in [0.2, 0.25) is 12.4 Å². The van der Waals surface area contributed by atoms with Crippen LogP contribution in [-0.4, -0.2) is 62.5 Å². The van der Waals surface area contributed by atoms with Crippen LogP contribution >= 0.6 is 7.82 Å². The molecule has 0 spiro atoms. The second-order valence-electron chi connectivity index (χ2n) is 10.9. The lowest BCUT2D eigenvalue weighted by Crippen LogP contribution is -2.41. The van der Waals surface area contributed by atoms with Gasteiger partial charge in [0.1, 0.15) is 42.0 Å². The molecule has 0 radical (unpaired) electrons. The van der Waals surface area contributed by atoms with E-state index < -0.39 is 51.1 Å². The van der Waals surface area contributed by atoms with E-state index in [1.165, 1.54) is 16.9 Å². The number of nitrogen functional groups attached to an aromatic ring is 1. The highest BCUT2D eigenvalue weighted by molar-refractivity contribution is 7.48. The van der Waals surface area contributed by atoms with E-state index in [0.29, 0.717) is 23.7 Å². The predicted octanol–water partition coefficient (Wildman–Crippen LogP) is 4.24. The lowest BCUT2D eigenvalue weighted by molar-refractivity contribution is -0.156. The van der Waals surface area contributed by atoms with Gasteiger partial charge in [-0.3, -0.25) is 9.32 Å². The lowest BCUT2D eigenvalue weighted by Gasteiger charge is -2.24. The molecule has 1 saturated heterocycles. The number of nitrogens with zero attached hydrogens (tertiary/aromatic N) is 4. The molecule has 4 aromatic rings. The number of aliphatic hydroxyl groups is 2. The van der Waals surface area contributed by atoms with E-state index in [0.717, 1.165) is 18.2 Å². The van der Waals surface area contributed by atoms with Gasteiger partial charge >= 0.3 is 13.8 Å². The quantitative estimate of drug-likeness (QED) is 0.0992. The van der Waals surface area contributed by atoms with Crippen molar-refractivity contribution < 1.29 is 42.6 Å². The molecule has 5 rings (SSSR count). The largest absolute Gasteiger partial charge is 0.533 e. The van der Waals surface area contributed by atoms with E-state index in [4.69, 9.17) is 28.8 Å². The summed E-state index contributed by atoms with van der Waals surface area (Å²) in [6, 6.07) is 17.3. The Balaban J connectivity index is 1.38. The number of ether oxygens (including phenoxy) is 2. The number of benzene rings is 2. The highest BCUT2D eigenvalue weighted by Gasteiger charge is 2.58. The van der Waals surface area contributed by atoms with Gasteiger partial charge in [-0.2, -0.15) is 10.4 Å². The van der Waals surface area contributed by atoms with Crippen LogP contribution in [0.4, 0.5) is 5.82 Å². The zero-order valence-electron chi connectivity index (χ0n) is 25.4. The van der Waals surface area contributed by atoms with Gasteiger partial charge in [0.15, 0.2) is 5.82 Å². The monoisotopic (exact) mass is 653 g/mol. The third-order valence-electron chi connectivity index (χ3n) is 7.86. The van der Waals surface area contributed by atoms with Crippen LogP contribution < -0.4 is 10.3 Å². The van der Waals surface area contributed by atoms with Crippen LogP contribution in [0.5, 0.6) is 5.75 Å². The van der Waals surface area contributed by atoms with Crippen molar-refractivity contribution in [2.45, 2.75) is 63.4 Å². The van der Waals surface area contributed by atoms with Gasteiger partial charge in [-0.15, -0.1) is 0 Å². The Morgan fingerprint density at radius 2 is 1.87 bits per heavy atom. The van der Waals surface area contributed by atoms with Crippen molar-refractivity contribution >= 4 is 35.9 Å². The zero-order valence-corrected chi connectivity index (χ0v) is 26.3. The molecule has 0 aliphatic carbocycles. The molecule has 2 aromatic carbocycles. The van der Waals surface area contributed by atoms with E-state index >= 15 is 0 Å². The third kappa shape index (κ3) is 6.57. The van der Waals surface area contributed by atoms with E-state index in [-0.39, 0.29) is 23.2 Å². The van der Waals surface area contributed by atoms with E-state index in [1.54, 1.807) is 30.3 Å². The molecule has 0 amide bonds. The number of rotatable bonds is 14. The maximum absolute atomic E-state index is 14.1. The highest BCUT2D eigenvalue weighted by atomic mass is 31.2. The first kappa shape index (κ1) is 33.3. The van der Waals surface area contributed by atoms with Crippen molar-refractivity contribution in [2.75, 3.05) is 19.1 Å². The molecule has 5 atom stereocenters. The Hall–Kier alpha value is -4.09. The van der Waals surface area contributed by atoms with Crippen LogP contribution in [0.2, 0.25) is 0 Å². The average molecular weight is 654 g/mol. The number of carbonyl (C=O) groups excluding carboxylic acids is 1. The van der Waals surface area contributed by atoms with Gasteiger partial charge in [-0.1, -0.05) is 63.1 Å². The Kier molecular flexibility index (Phi) is 10.2. The summed E-state index contributed by atoms with van der Waals surface area (Å²) in [6.45, 7) is 2.55. The van der Waals surface area contributed by atoms with Crippen molar-refractivity contribution in [3.63, 3.8) is 0 Å². The van der Waals surface area contributed by atoms with E-state index in [2.05, 4.69) is 10.1 Å². The van der Waals surface area contributed by atoms with Gasteiger partial charge in [0.25, 0.3) is 0 Å². The number of phosphoric acid groups is 1. The van der Waals surface area contributed by atoms with Gasteiger partial charge in [0, 0.05) is 5.39 Å². The van der Waals surface area contributed by atoms with Gasteiger partial charge in [-0.05, 0) is 36.4 Å². The van der Waals surface area contributed by atoms with Gasteiger partial charge in [0.05, 0.1) is 18.2 Å². The number of aliphatic hydroxyl groups excluding tert-OH is 2. The van der Waals surface area contributed by atoms with Crippen molar-refractivity contribution in [2.24, 2.45) is 5.92 Å². The molecule has 14 nitrogen and oxygen atoms in total. The fourth-order valence-corrected chi connectivity index (χ4v) is 6.64. The van der Waals surface area contributed by atoms with Crippen molar-refractivity contribution in [1.82, 2.24) is 14.6 Å². The molecule has 4 N–H and O–H groups in total. The average Bonchev–Trinajstić information content (AvgIpc) is 3.60. The maximum Gasteiger partial charge on any atom is 0.533 e. The Bertz CT molecular complexity index is 1770. The normalized spacial score (nSPS) is 22.6. The molecule has 1 fully saturated rings. The number of phosphoric ester groups is 1. The minimum atomic E-state index is -4.59. The molecule has 1 aliphatic rings. The summed E-state index contributed by atoms with van der Waals surface area (Å²) < 4.78 is 43.5. The number of fused-ring (bicyclic) bond motifs is 2. The predicted molar refractivity (Wildman–Crippen MR) is 165 cm³/mol. The smallest absolute Gasteiger partial charge is 0.438 e. The van der Waals surface area contributed by atoms with Crippen LogP contribution in [-0.2, 0) is 33.5 Å². The highest BCUT2D eigenvalue weighted by Crippen LogP contribution is 2.52. The maximum atomic E-state index is 14.1. The molecule has 3 heterocycles. The summed E-state index contributed by atoms with van der Waals surface area (Å²) in [5.74, 6) is -0.548. The summed E-state index contributed by atoms with van der Waals surface area (Å²) in [5, 5.41) is 37.8. The summed E-state index contributed by atoms with van der Waals surface area (Å²) in [6.07, 6.45) is -0.824. The minimum Gasteiger partial charge on any atom is -0.438 e. The number of hydrogen-bond acceptors (Lipinski definition) is 13. The van der Waals surface area contributed by atoms with Crippen molar-refractivity contribution in [3.05, 3.63) is 66.6 Å². The van der Waals surface area contributed by atoms with Crippen LogP contribution in [0.25, 0.3) is 16.3 Å². The van der Waals surface area contributed by atoms with Gasteiger partial charge < -0.3 is 29.9 Å². The van der Waals surface area contributed by atoms with Crippen LogP contribution in [0.1, 0.15) is 45.2 Å². The number of aromatic nitrogens is 3. The third-order valence-corrected chi connectivity index (χ3v) is 9.17. The SMILES string of the molecule is CCCC(CCC)C(=O)OCOP(=O)(OC[C@H]1O[C@@](C#N)(c2ccc3c(N)ncnn23)[C@H](O)[C@@H]1O)Oc1cccc2ccccc12. The Morgan fingerprint density at radius 1 is 1.13 bits per heavy atom. The Morgan fingerprint density at radius 3 is 2.61 bits per heavy atom. The lowest BCUT2D eigenvalue weighted by atomic mass is 9.92. The van der Waals surface area contributed by atoms with Crippen molar-refractivity contribution in [1.29, 1.82) is 5.26 Å². The molecule has 0 saturated carbocycles. The van der Waals surface area contributed by atoms with E-state index in [9.17, 15) is 24.8 Å². The van der Waals surface area contributed by atoms with Crippen LogP contribution in [0.15, 0.2) is 60.9 Å². The van der Waals surface area contributed by atoms with Crippen LogP contribution in [0, 0.1) is 17.2 Å². The number of hydrogen-bond donors (Lipinski definition) is 3. The van der Waals surface area contributed by atoms with Gasteiger partial charge in [-0.25, -0.2) is 18.6 Å². The first-order valence-electron chi connectivity index (χ1n) is 14.9. The molecule has 1 unspecified atom stereocenters. The van der Waals surface area contributed by atoms with Crippen LogP contribution in [0.3, 0.4) is 0 Å². The standard InChI is InChI=1S/C31H36N5O9P/c1-3-8-21(9-4-2)30(39)41-19-43-46(40,45-24-13-7-11-20-10-5-6-12-22(20)24)42-16-25-27(37)28(38)31(17-32,44-25)26-15-14-23-29(33)34-18-35-36(23)26/h5-7,10-15,18,21,25,27-28,37-38H,3-4,8-9,16,19H2,1-2H3,(H2,33,34,35)/t25-,27-,28-,31+,46?/m1/s1. The number of nitriles is 1. The summed E-state index contributed by atoms with van der Waals surface area (Å²) >= 11 is 0.